The first kappa shape index (κ1) is 23.6. The summed E-state index contributed by atoms with van der Waals surface area (Å²) in [4.78, 5) is 12.4. The van der Waals surface area contributed by atoms with Gasteiger partial charge in [-0.2, -0.15) is 0 Å². The average molecular weight is 430 g/mol. The number of nitrogens with one attached hydrogen (secondary N) is 1. The number of benzene rings is 3. The van der Waals surface area contributed by atoms with E-state index in [9.17, 15) is 4.79 Å². The molecule has 1 amide bonds. The number of carbonyl (C=O) groups is 1. The fourth-order valence-electron chi connectivity index (χ4n) is 4.15. The summed E-state index contributed by atoms with van der Waals surface area (Å²) < 4.78 is 5.27. The summed E-state index contributed by atoms with van der Waals surface area (Å²) in [5, 5.41) is 2.98. The third kappa shape index (κ3) is 6.46. The van der Waals surface area contributed by atoms with E-state index in [1.165, 1.54) is 28.7 Å². The quantitative estimate of drug-likeness (QED) is 0.424. The van der Waals surface area contributed by atoms with Gasteiger partial charge in [-0.25, -0.2) is 0 Å². The summed E-state index contributed by atoms with van der Waals surface area (Å²) in [5.41, 5.74) is 5.93. The van der Waals surface area contributed by atoms with Crippen LogP contribution in [0.25, 0.3) is 11.1 Å². The van der Waals surface area contributed by atoms with Crippen LogP contribution in [0.2, 0.25) is 0 Å². The van der Waals surface area contributed by atoms with Crippen molar-refractivity contribution in [2.24, 2.45) is 5.41 Å². The third-order valence-electron chi connectivity index (χ3n) is 5.74. The second-order valence-electron chi connectivity index (χ2n) is 9.69. The summed E-state index contributed by atoms with van der Waals surface area (Å²) in [5.74, 6) is 1.03. The number of amides is 1. The van der Waals surface area contributed by atoms with Gasteiger partial charge in [-0.15, -0.1) is 0 Å². The standard InChI is InChI=1S/C29H35NO2/c1-21(20-29(2,3)4)23-14-16-25(17-15-23)24-12-10-22(11-13-24)18-19-30-28(31)26-8-6-7-9-27(26)32-5/h6-17,21H,18-20H2,1-5H3,(H,30,31). The lowest BCUT2D eigenvalue weighted by Crippen LogP contribution is -2.26. The maximum absolute atomic E-state index is 12.4. The van der Waals surface area contributed by atoms with E-state index in [1.54, 1.807) is 19.2 Å². The molecule has 1 N–H and O–H groups in total. The molecule has 0 aliphatic carbocycles. The van der Waals surface area contributed by atoms with Crippen LogP contribution in [0.3, 0.4) is 0 Å². The van der Waals surface area contributed by atoms with E-state index < -0.39 is 0 Å². The maximum atomic E-state index is 12.4. The highest BCUT2D eigenvalue weighted by atomic mass is 16.5. The molecule has 0 spiro atoms. The van der Waals surface area contributed by atoms with Crippen molar-refractivity contribution in [2.75, 3.05) is 13.7 Å². The Labute approximate surface area is 192 Å². The van der Waals surface area contributed by atoms with E-state index in [0.717, 1.165) is 6.42 Å². The predicted molar refractivity (Wildman–Crippen MR) is 133 cm³/mol. The number of para-hydroxylation sites is 1. The average Bonchev–Trinajstić information content (AvgIpc) is 2.78. The number of ether oxygens (including phenoxy) is 1. The Kier molecular flexibility index (Phi) is 7.74. The van der Waals surface area contributed by atoms with Gasteiger partial charge in [-0.05, 0) is 58.6 Å². The summed E-state index contributed by atoms with van der Waals surface area (Å²) in [6.45, 7) is 9.77. The second-order valence-corrected chi connectivity index (χ2v) is 9.69. The van der Waals surface area contributed by atoms with E-state index in [2.05, 4.69) is 81.5 Å². The number of carbonyl (C=O) groups excluding carboxylic acids is 1. The highest BCUT2D eigenvalue weighted by Crippen LogP contribution is 2.32. The van der Waals surface area contributed by atoms with Crippen molar-refractivity contribution in [3.05, 3.63) is 89.5 Å². The highest BCUT2D eigenvalue weighted by molar-refractivity contribution is 5.96. The molecule has 1 atom stereocenters. The zero-order valence-electron chi connectivity index (χ0n) is 19.9. The number of hydrogen-bond acceptors (Lipinski definition) is 2. The van der Waals surface area contributed by atoms with Crippen LogP contribution in [0, 0.1) is 5.41 Å². The van der Waals surface area contributed by atoms with Gasteiger partial charge < -0.3 is 10.1 Å². The Morgan fingerprint density at radius 1 is 0.906 bits per heavy atom. The molecule has 3 aromatic carbocycles. The van der Waals surface area contributed by atoms with Crippen molar-refractivity contribution in [1.82, 2.24) is 5.32 Å². The van der Waals surface area contributed by atoms with Crippen LogP contribution in [-0.4, -0.2) is 19.6 Å². The van der Waals surface area contributed by atoms with Gasteiger partial charge in [-0.1, -0.05) is 88.4 Å². The van der Waals surface area contributed by atoms with Gasteiger partial charge >= 0.3 is 0 Å². The molecule has 0 saturated carbocycles. The van der Waals surface area contributed by atoms with Crippen molar-refractivity contribution in [3.8, 4) is 16.9 Å². The molecular formula is C29H35NO2. The van der Waals surface area contributed by atoms with E-state index >= 15 is 0 Å². The van der Waals surface area contributed by atoms with Crippen LogP contribution in [0.5, 0.6) is 5.75 Å². The minimum absolute atomic E-state index is 0.111. The Bertz CT molecular complexity index is 1010. The van der Waals surface area contributed by atoms with E-state index in [4.69, 9.17) is 4.74 Å². The lowest BCUT2D eigenvalue weighted by atomic mass is 9.82. The molecule has 3 aromatic rings. The molecule has 3 rings (SSSR count). The second kappa shape index (κ2) is 10.5. The normalized spacial score (nSPS) is 12.3. The first-order chi connectivity index (χ1) is 15.3. The largest absolute Gasteiger partial charge is 0.496 e. The number of methoxy groups -OCH3 is 1. The van der Waals surface area contributed by atoms with Crippen LogP contribution < -0.4 is 10.1 Å². The fourth-order valence-corrected chi connectivity index (χ4v) is 4.15. The molecule has 0 aliphatic heterocycles. The topological polar surface area (TPSA) is 38.3 Å². The maximum Gasteiger partial charge on any atom is 0.255 e. The molecule has 0 fully saturated rings. The third-order valence-corrected chi connectivity index (χ3v) is 5.74. The van der Waals surface area contributed by atoms with Crippen LogP contribution in [0.4, 0.5) is 0 Å². The fraction of sp³-hybridized carbons (Fsp3) is 0.345. The molecule has 0 radical (unpaired) electrons. The SMILES string of the molecule is COc1ccccc1C(=O)NCCc1ccc(-c2ccc(C(C)CC(C)(C)C)cc2)cc1. The first-order valence-corrected chi connectivity index (χ1v) is 11.4. The van der Waals surface area contributed by atoms with Crippen molar-refractivity contribution in [3.63, 3.8) is 0 Å². The van der Waals surface area contributed by atoms with Gasteiger partial charge in [0.25, 0.3) is 5.91 Å². The van der Waals surface area contributed by atoms with E-state index in [1.807, 2.05) is 12.1 Å². The molecule has 0 saturated heterocycles. The monoisotopic (exact) mass is 429 g/mol. The van der Waals surface area contributed by atoms with Crippen molar-refractivity contribution in [1.29, 1.82) is 0 Å². The zero-order valence-corrected chi connectivity index (χ0v) is 19.9. The molecule has 3 nitrogen and oxygen atoms in total. The summed E-state index contributed by atoms with van der Waals surface area (Å²) in [6, 6.07) is 24.8. The summed E-state index contributed by atoms with van der Waals surface area (Å²) in [6.07, 6.45) is 1.96. The molecular weight excluding hydrogens is 394 g/mol. The minimum atomic E-state index is -0.111. The van der Waals surface area contributed by atoms with Crippen molar-refractivity contribution >= 4 is 5.91 Å². The zero-order chi connectivity index (χ0) is 23.1. The van der Waals surface area contributed by atoms with E-state index in [0.29, 0.717) is 29.2 Å². The summed E-state index contributed by atoms with van der Waals surface area (Å²) >= 11 is 0. The Hall–Kier alpha value is -3.07. The number of hydrogen-bond donors (Lipinski definition) is 1. The van der Waals surface area contributed by atoms with Gasteiger partial charge in [0.2, 0.25) is 0 Å². The van der Waals surface area contributed by atoms with Crippen LogP contribution in [0.15, 0.2) is 72.8 Å². The first-order valence-electron chi connectivity index (χ1n) is 11.4. The molecule has 0 aliphatic rings. The number of rotatable bonds is 8. The molecule has 32 heavy (non-hydrogen) atoms. The molecule has 168 valence electrons. The van der Waals surface area contributed by atoms with Crippen molar-refractivity contribution < 1.29 is 9.53 Å². The summed E-state index contributed by atoms with van der Waals surface area (Å²) in [7, 11) is 1.58. The minimum Gasteiger partial charge on any atom is -0.496 e. The van der Waals surface area contributed by atoms with Crippen LogP contribution in [0.1, 0.15) is 61.5 Å². The van der Waals surface area contributed by atoms with Crippen LogP contribution in [-0.2, 0) is 6.42 Å². The molecule has 0 aromatic heterocycles. The highest BCUT2D eigenvalue weighted by Gasteiger charge is 2.16. The van der Waals surface area contributed by atoms with Gasteiger partial charge in [0, 0.05) is 6.54 Å². The Balaban J connectivity index is 1.55. The smallest absolute Gasteiger partial charge is 0.255 e. The van der Waals surface area contributed by atoms with Gasteiger partial charge in [0.05, 0.1) is 12.7 Å². The van der Waals surface area contributed by atoms with E-state index in [-0.39, 0.29) is 5.91 Å². The van der Waals surface area contributed by atoms with Gasteiger partial charge in [0.15, 0.2) is 0 Å². The molecule has 0 heterocycles. The lowest BCUT2D eigenvalue weighted by molar-refractivity contribution is 0.0951. The lowest BCUT2D eigenvalue weighted by Gasteiger charge is -2.23. The molecule has 1 unspecified atom stereocenters. The van der Waals surface area contributed by atoms with Gasteiger partial charge in [-0.3, -0.25) is 4.79 Å². The van der Waals surface area contributed by atoms with Gasteiger partial charge in [0.1, 0.15) is 5.75 Å². The molecule has 0 bridgehead atoms. The van der Waals surface area contributed by atoms with Crippen molar-refractivity contribution in [2.45, 2.75) is 46.5 Å². The Morgan fingerprint density at radius 3 is 2.09 bits per heavy atom. The molecule has 3 heteroatoms. The van der Waals surface area contributed by atoms with Crippen LogP contribution >= 0.6 is 0 Å². The Morgan fingerprint density at radius 2 is 1.50 bits per heavy atom. The predicted octanol–water partition coefficient (Wildman–Crippen LogP) is 6.87.